The van der Waals surface area contributed by atoms with Crippen LogP contribution in [0.4, 0.5) is 0 Å². The maximum atomic E-state index is 12.1. The summed E-state index contributed by atoms with van der Waals surface area (Å²) >= 11 is 11.7. The molecule has 114 valence electrons. The molecule has 0 spiro atoms. The summed E-state index contributed by atoms with van der Waals surface area (Å²) in [6.07, 6.45) is -0.235. The minimum atomic E-state index is -0.235. The van der Waals surface area contributed by atoms with Gasteiger partial charge in [0.15, 0.2) is 11.5 Å². The Morgan fingerprint density at radius 3 is 2.68 bits per heavy atom. The largest absolute Gasteiger partial charge is 0.486 e. The van der Waals surface area contributed by atoms with Crippen LogP contribution in [0.15, 0.2) is 42.5 Å². The topological polar surface area (TPSA) is 47.6 Å². The van der Waals surface area contributed by atoms with Gasteiger partial charge in [0.25, 0.3) is 5.91 Å². The molecule has 0 unspecified atom stereocenters. The van der Waals surface area contributed by atoms with E-state index < -0.39 is 0 Å². The third kappa shape index (κ3) is 3.29. The molecule has 1 heterocycles. The van der Waals surface area contributed by atoms with E-state index in [1.54, 1.807) is 12.1 Å². The molecule has 0 saturated carbocycles. The van der Waals surface area contributed by atoms with Crippen molar-refractivity contribution in [2.24, 2.45) is 0 Å². The summed E-state index contributed by atoms with van der Waals surface area (Å²) in [6, 6.07) is 12.2. The van der Waals surface area contributed by atoms with Gasteiger partial charge in [-0.25, -0.2) is 0 Å². The number of carbonyl (C=O) groups excluding carboxylic acids is 1. The highest BCUT2D eigenvalue weighted by molar-refractivity contribution is 6.42. The van der Waals surface area contributed by atoms with Crippen molar-refractivity contribution in [2.75, 3.05) is 13.2 Å². The van der Waals surface area contributed by atoms with Gasteiger partial charge in [0.1, 0.15) is 12.7 Å². The van der Waals surface area contributed by atoms with Crippen LogP contribution < -0.4 is 14.8 Å². The van der Waals surface area contributed by atoms with Gasteiger partial charge in [0.05, 0.1) is 16.6 Å². The number of ether oxygens (including phenoxy) is 2. The number of hydrogen-bond donors (Lipinski definition) is 1. The number of benzene rings is 2. The van der Waals surface area contributed by atoms with E-state index in [0.717, 1.165) is 5.75 Å². The number of fused-ring (bicyclic) bond motifs is 1. The zero-order valence-corrected chi connectivity index (χ0v) is 13.0. The van der Waals surface area contributed by atoms with Crippen molar-refractivity contribution >= 4 is 29.1 Å². The highest BCUT2D eigenvalue weighted by atomic mass is 35.5. The van der Waals surface area contributed by atoms with Crippen LogP contribution in [-0.2, 0) is 0 Å². The molecule has 0 saturated heterocycles. The second-order valence-corrected chi connectivity index (χ2v) is 5.65. The van der Waals surface area contributed by atoms with Crippen molar-refractivity contribution in [3.8, 4) is 11.5 Å². The SMILES string of the molecule is O=C(NC[C@H]1COc2ccccc2O1)c1ccc(Cl)c(Cl)c1. The lowest BCUT2D eigenvalue weighted by atomic mass is 10.2. The molecule has 0 aromatic heterocycles. The van der Waals surface area contributed by atoms with Gasteiger partial charge >= 0.3 is 0 Å². The quantitative estimate of drug-likeness (QED) is 0.931. The number of amides is 1. The zero-order chi connectivity index (χ0) is 15.5. The molecule has 0 fully saturated rings. The van der Waals surface area contributed by atoms with Crippen molar-refractivity contribution in [3.63, 3.8) is 0 Å². The van der Waals surface area contributed by atoms with Crippen LogP contribution in [-0.4, -0.2) is 25.2 Å². The average molecular weight is 338 g/mol. The molecule has 1 N–H and O–H groups in total. The molecule has 1 amide bonds. The Morgan fingerprint density at radius 2 is 1.91 bits per heavy atom. The molecular weight excluding hydrogens is 325 g/mol. The molecule has 1 aliphatic rings. The first-order valence-electron chi connectivity index (χ1n) is 6.75. The molecule has 2 aromatic carbocycles. The smallest absolute Gasteiger partial charge is 0.251 e. The molecule has 4 nitrogen and oxygen atoms in total. The molecule has 1 atom stereocenters. The average Bonchev–Trinajstić information content (AvgIpc) is 2.55. The van der Waals surface area contributed by atoms with E-state index in [4.69, 9.17) is 32.7 Å². The highest BCUT2D eigenvalue weighted by Crippen LogP contribution is 2.30. The van der Waals surface area contributed by atoms with Crippen LogP contribution in [0.5, 0.6) is 11.5 Å². The number of para-hydroxylation sites is 2. The Hall–Kier alpha value is -1.91. The Kier molecular flexibility index (Phi) is 4.41. The predicted molar refractivity (Wildman–Crippen MR) is 85.1 cm³/mol. The van der Waals surface area contributed by atoms with Gasteiger partial charge in [-0.1, -0.05) is 35.3 Å². The Labute approximate surface area is 137 Å². The number of nitrogens with one attached hydrogen (secondary N) is 1. The van der Waals surface area contributed by atoms with Crippen molar-refractivity contribution in [3.05, 3.63) is 58.1 Å². The maximum Gasteiger partial charge on any atom is 0.251 e. The summed E-state index contributed by atoms with van der Waals surface area (Å²) in [5.74, 6) is 1.16. The first kappa shape index (κ1) is 15.0. The summed E-state index contributed by atoms with van der Waals surface area (Å²) in [6.45, 7) is 0.728. The minimum absolute atomic E-state index is 0.235. The lowest BCUT2D eigenvalue weighted by Crippen LogP contribution is -2.40. The zero-order valence-electron chi connectivity index (χ0n) is 11.5. The second-order valence-electron chi connectivity index (χ2n) is 4.84. The lowest BCUT2D eigenvalue weighted by Gasteiger charge is -2.26. The number of rotatable bonds is 3. The number of hydrogen-bond acceptors (Lipinski definition) is 3. The Bertz CT molecular complexity index is 706. The lowest BCUT2D eigenvalue weighted by molar-refractivity contribution is 0.0789. The first-order chi connectivity index (χ1) is 10.6. The molecule has 3 rings (SSSR count). The van der Waals surface area contributed by atoms with E-state index >= 15 is 0 Å². The summed E-state index contributed by atoms with van der Waals surface area (Å²) < 4.78 is 11.4. The van der Waals surface area contributed by atoms with Gasteiger partial charge in [-0.05, 0) is 30.3 Å². The predicted octanol–water partition coefficient (Wildman–Crippen LogP) is 3.56. The monoisotopic (exact) mass is 337 g/mol. The van der Waals surface area contributed by atoms with Gasteiger partial charge in [-0.3, -0.25) is 4.79 Å². The fourth-order valence-electron chi connectivity index (χ4n) is 2.11. The van der Waals surface area contributed by atoms with E-state index in [-0.39, 0.29) is 12.0 Å². The van der Waals surface area contributed by atoms with Crippen molar-refractivity contribution in [1.82, 2.24) is 5.32 Å². The van der Waals surface area contributed by atoms with Crippen LogP contribution in [0.25, 0.3) is 0 Å². The normalized spacial score (nSPS) is 16.2. The van der Waals surface area contributed by atoms with E-state index in [1.165, 1.54) is 6.07 Å². The van der Waals surface area contributed by atoms with Crippen LogP contribution in [0.1, 0.15) is 10.4 Å². The molecule has 0 radical (unpaired) electrons. The van der Waals surface area contributed by atoms with Crippen LogP contribution in [0.3, 0.4) is 0 Å². The van der Waals surface area contributed by atoms with Gasteiger partial charge in [-0.15, -0.1) is 0 Å². The highest BCUT2D eigenvalue weighted by Gasteiger charge is 2.21. The van der Waals surface area contributed by atoms with Gasteiger partial charge < -0.3 is 14.8 Å². The van der Waals surface area contributed by atoms with Gasteiger partial charge in [0.2, 0.25) is 0 Å². The number of carbonyl (C=O) groups is 1. The van der Waals surface area contributed by atoms with E-state index in [2.05, 4.69) is 5.32 Å². The molecule has 22 heavy (non-hydrogen) atoms. The minimum Gasteiger partial charge on any atom is -0.486 e. The molecule has 2 aromatic rings. The van der Waals surface area contributed by atoms with Gasteiger partial charge in [0, 0.05) is 5.56 Å². The summed E-state index contributed by atoms with van der Waals surface area (Å²) in [4.78, 5) is 12.1. The Morgan fingerprint density at radius 1 is 1.14 bits per heavy atom. The third-order valence-electron chi connectivity index (χ3n) is 3.24. The summed E-state index contributed by atoms with van der Waals surface area (Å²) in [5.41, 5.74) is 0.450. The Balaban J connectivity index is 1.59. The second kappa shape index (κ2) is 6.46. The van der Waals surface area contributed by atoms with Crippen LogP contribution in [0.2, 0.25) is 10.0 Å². The standard InChI is InChI=1S/C16H13Cl2NO3/c17-12-6-5-10(7-13(12)18)16(20)19-8-11-9-21-14-3-1-2-4-15(14)22-11/h1-7,11H,8-9H2,(H,19,20)/t11-/m0/s1. The van der Waals surface area contributed by atoms with Crippen molar-refractivity contribution in [2.45, 2.75) is 6.10 Å². The molecule has 0 aliphatic carbocycles. The molecular formula is C16H13Cl2NO3. The molecule has 1 aliphatic heterocycles. The summed E-state index contributed by atoms with van der Waals surface area (Å²) in [7, 11) is 0. The molecule has 0 bridgehead atoms. The van der Waals surface area contributed by atoms with Crippen molar-refractivity contribution in [1.29, 1.82) is 0 Å². The molecule has 6 heteroatoms. The van der Waals surface area contributed by atoms with E-state index in [9.17, 15) is 4.79 Å². The fraction of sp³-hybridized carbons (Fsp3) is 0.188. The number of halogens is 2. The van der Waals surface area contributed by atoms with Gasteiger partial charge in [-0.2, -0.15) is 0 Å². The fourth-order valence-corrected chi connectivity index (χ4v) is 2.41. The third-order valence-corrected chi connectivity index (χ3v) is 3.98. The van der Waals surface area contributed by atoms with Crippen molar-refractivity contribution < 1.29 is 14.3 Å². The maximum absolute atomic E-state index is 12.1. The van der Waals surface area contributed by atoms with Crippen LogP contribution in [0, 0.1) is 0 Å². The van der Waals surface area contributed by atoms with Crippen LogP contribution >= 0.6 is 23.2 Å². The van der Waals surface area contributed by atoms with E-state index in [1.807, 2.05) is 24.3 Å². The summed E-state index contributed by atoms with van der Waals surface area (Å²) in [5, 5.41) is 3.56. The van der Waals surface area contributed by atoms with E-state index in [0.29, 0.717) is 34.5 Å². The first-order valence-corrected chi connectivity index (χ1v) is 7.51.